The van der Waals surface area contributed by atoms with Gasteiger partial charge in [0.1, 0.15) is 11.8 Å². The normalized spacial score (nSPS) is 15.2. The van der Waals surface area contributed by atoms with E-state index >= 15 is 0 Å². The summed E-state index contributed by atoms with van der Waals surface area (Å²) in [5.74, 6) is 0. The summed E-state index contributed by atoms with van der Waals surface area (Å²) in [6.07, 6.45) is 3.43. The average Bonchev–Trinajstić information content (AvgIpc) is 2.98. The summed E-state index contributed by atoms with van der Waals surface area (Å²) in [5.41, 5.74) is 2.76. The lowest BCUT2D eigenvalue weighted by Crippen LogP contribution is -2.30. The van der Waals surface area contributed by atoms with Crippen molar-refractivity contribution in [2.24, 2.45) is 0 Å². The van der Waals surface area contributed by atoms with Crippen LogP contribution in [0.3, 0.4) is 0 Å². The van der Waals surface area contributed by atoms with E-state index in [1.807, 2.05) is 23.1 Å². The molecular weight excluding hydrogens is 306 g/mol. The quantitative estimate of drug-likeness (QED) is 0.488. The molecule has 0 spiro atoms. The summed E-state index contributed by atoms with van der Waals surface area (Å²) in [6, 6.07) is 7.45. The van der Waals surface area contributed by atoms with Crippen molar-refractivity contribution in [3.63, 3.8) is 0 Å². The van der Waals surface area contributed by atoms with E-state index < -0.39 is 0 Å². The highest BCUT2D eigenvalue weighted by Gasteiger charge is 2.27. The van der Waals surface area contributed by atoms with Gasteiger partial charge in [0, 0.05) is 36.6 Å². The molecule has 2 aromatic rings. The van der Waals surface area contributed by atoms with Gasteiger partial charge in [-0.3, -0.25) is 9.88 Å². The number of pyridine rings is 2. The van der Waals surface area contributed by atoms with Gasteiger partial charge in [-0.15, -0.1) is 5.01 Å². The van der Waals surface area contributed by atoms with Crippen LogP contribution in [0.2, 0.25) is 5.15 Å². The smallest absolute Gasteiger partial charge is 0.161 e. The lowest BCUT2D eigenvalue weighted by atomic mass is 10.1. The fourth-order valence-electron chi connectivity index (χ4n) is 2.47. The largest absolute Gasteiger partial charge is 0.273 e. The predicted molar refractivity (Wildman–Crippen MR) is 81.5 cm³/mol. The van der Waals surface area contributed by atoms with E-state index in [-0.39, 0.29) is 5.03 Å². The maximum absolute atomic E-state index is 10.8. The van der Waals surface area contributed by atoms with Crippen LogP contribution in [0.15, 0.2) is 36.7 Å². The minimum Gasteiger partial charge on any atom is -0.273 e. The van der Waals surface area contributed by atoms with Gasteiger partial charge in [0.15, 0.2) is 5.03 Å². The molecule has 0 amide bonds. The Hall–Kier alpha value is -2.25. The van der Waals surface area contributed by atoms with Gasteiger partial charge in [-0.1, -0.05) is 17.7 Å². The second-order valence-electron chi connectivity index (χ2n) is 5.03. The molecule has 0 unspecified atom stereocenters. The number of hydrazine groups is 1. The van der Waals surface area contributed by atoms with Crippen LogP contribution in [0.1, 0.15) is 5.69 Å². The topological polar surface area (TPSA) is 75.4 Å². The van der Waals surface area contributed by atoms with Gasteiger partial charge >= 0.3 is 0 Å². The molecule has 22 heavy (non-hydrogen) atoms. The Kier molecular flexibility index (Phi) is 4.17. The van der Waals surface area contributed by atoms with E-state index in [1.54, 1.807) is 18.5 Å². The Morgan fingerprint density at radius 2 is 2.14 bits per heavy atom. The molecule has 0 aromatic carbocycles. The fourth-order valence-corrected chi connectivity index (χ4v) is 2.58. The van der Waals surface area contributed by atoms with Crippen molar-refractivity contribution in [2.45, 2.75) is 6.54 Å². The van der Waals surface area contributed by atoms with Crippen molar-refractivity contribution in [3.05, 3.63) is 57.6 Å². The Bertz CT molecular complexity index is 679. The minimum absolute atomic E-state index is 0.307. The standard InChI is InChI=1S/C14H14ClN5O2/c15-14-4-3-11(8-17-14)12-2-1-5-16-13(12)9-18-6-7-19(10-18)20(21)22/h1-5,8H,6-7,9-10H2. The zero-order chi connectivity index (χ0) is 15.5. The first-order valence-corrected chi connectivity index (χ1v) is 7.19. The van der Waals surface area contributed by atoms with Crippen LogP contribution in [0.5, 0.6) is 0 Å². The molecule has 8 heteroatoms. The summed E-state index contributed by atoms with van der Waals surface area (Å²) in [5, 5.41) is 12.1. The van der Waals surface area contributed by atoms with E-state index in [4.69, 9.17) is 11.6 Å². The molecule has 1 aliphatic rings. The maximum Gasteiger partial charge on any atom is 0.161 e. The molecule has 0 aliphatic carbocycles. The minimum atomic E-state index is -0.359. The van der Waals surface area contributed by atoms with Gasteiger partial charge in [-0.25, -0.2) is 15.1 Å². The Balaban J connectivity index is 1.80. The lowest BCUT2D eigenvalue weighted by molar-refractivity contribution is -0.652. The lowest BCUT2D eigenvalue weighted by Gasteiger charge is -2.15. The first-order chi connectivity index (χ1) is 10.6. The average molecular weight is 320 g/mol. The van der Waals surface area contributed by atoms with Gasteiger partial charge in [-0.2, -0.15) is 0 Å². The number of hydrogen-bond acceptors (Lipinski definition) is 5. The molecule has 1 aliphatic heterocycles. The summed E-state index contributed by atoms with van der Waals surface area (Å²) in [6.45, 7) is 1.94. The molecule has 7 nitrogen and oxygen atoms in total. The van der Waals surface area contributed by atoms with Gasteiger partial charge in [-0.05, 0) is 18.2 Å². The van der Waals surface area contributed by atoms with Crippen LogP contribution in [0.4, 0.5) is 0 Å². The second-order valence-corrected chi connectivity index (χ2v) is 5.42. The van der Waals surface area contributed by atoms with Gasteiger partial charge < -0.3 is 0 Å². The van der Waals surface area contributed by atoms with Gasteiger partial charge in [0.05, 0.1) is 12.2 Å². The molecule has 2 aromatic heterocycles. The zero-order valence-corrected chi connectivity index (χ0v) is 12.5. The molecule has 1 saturated heterocycles. The summed E-state index contributed by atoms with van der Waals surface area (Å²) < 4.78 is 0. The molecule has 3 heterocycles. The van der Waals surface area contributed by atoms with E-state index in [0.29, 0.717) is 31.5 Å². The van der Waals surface area contributed by atoms with Crippen LogP contribution in [-0.4, -0.2) is 44.7 Å². The second kappa shape index (κ2) is 6.25. The Morgan fingerprint density at radius 3 is 2.82 bits per heavy atom. The van der Waals surface area contributed by atoms with Crippen LogP contribution in [0.25, 0.3) is 11.1 Å². The number of hydrogen-bond donors (Lipinski definition) is 0. The molecular formula is C14H14ClN5O2. The number of aromatic nitrogens is 2. The summed E-state index contributed by atoms with van der Waals surface area (Å²) in [4.78, 5) is 21.3. The molecule has 0 atom stereocenters. The molecule has 0 bridgehead atoms. The molecule has 114 valence electrons. The number of nitro groups is 1. The van der Waals surface area contributed by atoms with Crippen LogP contribution < -0.4 is 0 Å². The molecule has 0 N–H and O–H groups in total. The molecule has 3 rings (SSSR count). The third-order valence-corrected chi connectivity index (χ3v) is 3.79. The van der Waals surface area contributed by atoms with Crippen molar-refractivity contribution in [1.82, 2.24) is 19.9 Å². The van der Waals surface area contributed by atoms with E-state index in [0.717, 1.165) is 16.8 Å². The van der Waals surface area contributed by atoms with Crippen molar-refractivity contribution in [3.8, 4) is 11.1 Å². The van der Waals surface area contributed by atoms with Crippen molar-refractivity contribution in [1.29, 1.82) is 0 Å². The van der Waals surface area contributed by atoms with Crippen molar-refractivity contribution in [2.75, 3.05) is 19.8 Å². The number of nitrogens with zero attached hydrogens (tertiary/aromatic N) is 5. The van der Waals surface area contributed by atoms with Crippen molar-refractivity contribution < 1.29 is 5.03 Å². The van der Waals surface area contributed by atoms with Gasteiger partial charge in [0.2, 0.25) is 0 Å². The summed E-state index contributed by atoms with van der Waals surface area (Å²) in [7, 11) is 0. The molecule has 1 fully saturated rings. The highest BCUT2D eigenvalue weighted by Crippen LogP contribution is 2.24. The SMILES string of the molecule is O=[N+]([O-])N1CCN(Cc2ncccc2-c2ccc(Cl)nc2)C1. The third-order valence-electron chi connectivity index (χ3n) is 3.57. The zero-order valence-electron chi connectivity index (χ0n) is 11.7. The maximum atomic E-state index is 10.8. The highest BCUT2D eigenvalue weighted by atomic mass is 35.5. The third kappa shape index (κ3) is 3.15. The first kappa shape index (κ1) is 14.7. The number of rotatable bonds is 4. The highest BCUT2D eigenvalue weighted by molar-refractivity contribution is 6.29. The first-order valence-electron chi connectivity index (χ1n) is 6.81. The van der Waals surface area contributed by atoms with Crippen LogP contribution in [-0.2, 0) is 6.54 Å². The number of halogens is 1. The Morgan fingerprint density at radius 1 is 1.27 bits per heavy atom. The molecule has 0 saturated carbocycles. The van der Waals surface area contributed by atoms with E-state index in [9.17, 15) is 10.1 Å². The fraction of sp³-hybridized carbons (Fsp3) is 0.286. The monoisotopic (exact) mass is 319 g/mol. The summed E-state index contributed by atoms with van der Waals surface area (Å²) >= 11 is 5.82. The van der Waals surface area contributed by atoms with Gasteiger partial charge in [0.25, 0.3) is 0 Å². The van der Waals surface area contributed by atoms with Crippen molar-refractivity contribution >= 4 is 11.6 Å². The van der Waals surface area contributed by atoms with Crippen LogP contribution >= 0.6 is 11.6 Å². The molecule has 0 radical (unpaired) electrons. The van der Waals surface area contributed by atoms with E-state index in [2.05, 4.69) is 9.97 Å². The Labute approximate surface area is 132 Å². The van der Waals surface area contributed by atoms with Crippen LogP contribution in [0, 0.1) is 10.1 Å². The van der Waals surface area contributed by atoms with E-state index in [1.165, 1.54) is 5.01 Å². The predicted octanol–water partition coefficient (Wildman–Crippen LogP) is 2.06.